The molecule has 0 aliphatic heterocycles. The highest BCUT2D eigenvalue weighted by atomic mass is 19.3. The number of rotatable bonds is 10. The van der Waals surface area contributed by atoms with E-state index in [1.54, 1.807) is 0 Å². The van der Waals surface area contributed by atoms with Crippen LogP contribution in [0.4, 0.5) is 23.2 Å². The van der Waals surface area contributed by atoms with Gasteiger partial charge in [-0.25, -0.2) is 0 Å². The molecule has 2 rings (SSSR count). The zero-order chi connectivity index (χ0) is 23.0. The molecule has 31 heavy (non-hydrogen) atoms. The molecule has 0 fully saturated rings. The first-order valence-electron chi connectivity index (χ1n) is 8.57. The SMILES string of the molecule is COc1cc(C(=O)NCC(=O)Nc2ccc(OC)c(OC(F)F)c2)ccc1OC(F)F. The first-order valence-corrected chi connectivity index (χ1v) is 8.57. The summed E-state index contributed by atoms with van der Waals surface area (Å²) < 4.78 is 68.1. The predicted molar refractivity (Wildman–Crippen MR) is 100 cm³/mol. The fourth-order valence-electron chi connectivity index (χ4n) is 2.41. The van der Waals surface area contributed by atoms with E-state index in [2.05, 4.69) is 20.1 Å². The van der Waals surface area contributed by atoms with Gasteiger partial charge in [0.05, 0.1) is 20.8 Å². The van der Waals surface area contributed by atoms with Crippen LogP contribution < -0.4 is 29.6 Å². The average molecular weight is 446 g/mol. The Hall–Kier alpha value is -3.70. The summed E-state index contributed by atoms with van der Waals surface area (Å²) in [5, 5.41) is 4.73. The summed E-state index contributed by atoms with van der Waals surface area (Å²) in [6, 6.07) is 7.36. The van der Waals surface area contributed by atoms with Gasteiger partial charge in [-0.1, -0.05) is 0 Å². The molecule has 0 aliphatic rings. The molecule has 12 heteroatoms. The van der Waals surface area contributed by atoms with Crippen LogP contribution in [0.25, 0.3) is 0 Å². The molecule has 2 aromatic carbocycles. The van der Waals surface area contributed by atoms with Gasteiger partial charge in [0.1, 0.15) is 0 Å². The minimum absolute atomic E-state index is 0.0309. The summed E-state index contributed by atoms with van der Waals surface area (Å²) in [4.78, 5) is 24.3. The Kier molecular flexibility index (Phi) is 8.29. The van der Waals surface area contributed by atoms with E-state index >= 15 is 0 Å². The number of benzene rings is 2. The van der Waals surface area contributed by atoms with Crippen molar-refractivity contribution in [2.24, 2.45) is 0 Å². The van der Waals surface area contributed by atoms with Gasteiger partial charge >= 0.3 is 13.2 Å². The molecule has 0 aromatic heterocycles. The molecule has 8 nitrogen and oxygen atoms in total. The van der Waals surface area contributed by atoms with E-state index in [0.29, 0.717) is 0 Å². The van der Waals surface area contributed by atoms with Crippen LogP contribution in [0, 0.1) is 0 Å². The number of halogens is 4. The van der Waals surface area contributed by atoms with E-state index in [1.807, 2.05) is 0 Å². The fourth-order valence-corrected chi connectivity index (χ4v) is 2.41. The molecule has 2 aromatic rings. The second kappa shape index (κ2) is 10.9. The van der Waals surface area contributed by atoms with E-state index in [0.717, 1.165) is 12.1 Å². The number of methoxy groups -OCH3 is 2. The van der Waals surface area contributed by atoms with Crippen molar-refractivity contribution in [1.29, 1.82) is 0 Å². The van der Waals surface area contributed by atoms with Gasteiger partial charge in [-0.2, -0.15) is 17.6 Å². The van der Waals surface area contributed by atoms with Gasteiger partial charge in [0.25, 0.3) is 5.91 Å². The number of carbonyl (C=O) groups is 2. The lowest BCUT2D eigenvalue weighted by Crippen LogP contribution is -2.32. The number of hydrogen-bond donors (Lipinski definition) is 2. The molecule has 0 atom stereocenters. The van der Waals surface area contributed by atoms with Crippen molar-refractivity contribution in [3.63, 3.8) is 0 Å². The predicted octanol–water partition coefficient (Wildman–Crippen LogP) is 3.28. The van der Waals surface area contributed by atoms with Crippen LogP contribution in [-0.4, -0.2) is 45.8 Å². The van der Waals surface area contributed by atoms with Gasteiger partial charge in [-0.3, -0.25) is 9.59 Å². The van der Waals surface area contributed by atoms with Crippen molar-refractivity contribution in [3.05, 3.63) is 42.0 Å². The fraction of sp³-hybridized carbons (Fsp3) is 0.263. The summed E-state index contributed by atoms with van der Waals surface area (Å²) in [5.41, 5.74) is 0.161. The van der Waals surface area contributed by atoms with E-state index in [-0.39, 0.29) is 34.2 Å². The smallest absolute Gasteiger partial charge is 0.387 e. The van der Waals surface area contributed by atoms with Crippen LogP contribution >= 0.6 is 0 Å². The minimum Gasteiger partial charge on any atom is -0.493 e. The maximum atomic E-state index is 12.5. The van der Waals surface area contributed by atoms with Gasteiger partial charge in [-0.15, -0.1) is 0 Å². The Balaban J connectivity index is 1.99. The number of hydrogen-bond acceptors (Lipinski definition) is 6. The topological polar surface area (TPSA) is 95.1 Å². The molecular weight excluding hydrogens is 428 g/mol. The summed E-state index contributed by atoms with van der Waals surface area (Å²) in [6.07, 6.45) is 0. The largest absolute Gasteiger partial charge is 0.493 e. The summed E-state index contributed by atoms with van der Waals surface area (Å²) >= 11 is 0. The molecule has 0 bridgehead atoms. The number of anilines is 1. The summed E-state index contributed by atoms with van der Waals surface area (Å²) in [5.74, 6) is -1.94. The molecule has 0 saturated carbocycles. The second-order valence-corrected chi connectivity index (χ2v) is 5.72. The van der Waals surface area contributed by atoms with E-state index in [9.17, 15) is 27.2 Å². The Morgan fingerprint density at radius 2 is 1.45 bits per heavy atom. The Labute approximate surface area is 174 Å². The van der Waals surface area contributed by atoms with Crippen molar-refractivity contribution < 1.29 is 46.1 Å². The van der Waals surface area contributed by atoms with Crippen LogP contribution in [0.1, 0.15) is 10.4 Å². The van der Waals surface area contributed by atoms with Gasteiger partial charge < -0.3 is 29.6 Å². The normalized spacial score (nSPS) is 10.6. The molecule has 0 unspecified atom stereocenters. The minimum atomic E-state index is -3.09. The highest BCUT2D eigenvalue weighted by Crippen LogP contribution is 2.31. The molecular formula is C19H18F4N2O6. The molecule has 2 N–H and O–H groups in total. The highest BCUT2D eigenvalue weighted by Gasteiger charge is 2.16. The lowest BCUT2D eigenvalue weighted by atomic mass is 10.2. The molecule has 0 heterocycles. The summed E-state index contributed by atoms with van der Waals surface area (Å²) in [7, 11) is 2.48. The van der Waals surface area contributed by atoms with Crippen LogP contribution in [-0.2, 0) is 4.79 Å². The quantitative estimate of drug-likeness (QED) is 0.544. The maximum absolute atomic E-state index is 12.5. The van der Waals surface area contributed by atoms with Crippen molar-refractivity contribution in [2.75, 3.05) is 26.1 Å². The molecule has 0 aliphatic carbocycles. The number of alkyl halides is 4. The maximum Gasteiger partial charge on any atom is 0.387 e. The van der Waals surface area contributed by atoms with E-state index < -0.39 is 31.6 Å². The van der Waals surface area contributed by atoms with Crippen LogP contribution in [0.5, 0.6) is 23.0 Å². The lowest BCUT2D eigenvalue weighted by molar-refractivity contribution is -0.115. The number of carbonyl (C=O) groups excluding carboxylic acids is 2. The third-order valence-corrected chi connectivity index (χ3v) is 3.71. The Morgan fingerprint density at radius 1 is 0.839 bits per heavy atom. The number of ether oxygens (including phenoxy) is 4. The molecule has 0 radical (unpaired) electrons. The zero-order valence-electron chi connectivity index (χ0n) is 16.3. The highest BCUT2D eigenvalue weighted by molar-refractivity contribution is 5.99. The molecule has 2 amide bonds. The van der Waals surface area contributed by atoms with Crippen molar-refractivity contribution in [1.82, 2.24) is 5.32 Å². The molecule has 0 saturated heterocycles. The second-order valence-electron chi connectivity index (χ2n) is 5.72. The van der Waals surface area contributed by atoms with Crippen LogP contribution in [0.2, 0.25) is 0 Å². The molecule has 0 spiro atoms. The Morgan fingerprint density at radius 3 is 2.06 bits per heavy atom. The van der Waals surface area contributed by atoms with E-state index in [1.165, 1.54) is 38.5 Å². The number of nitrogens with one attached hydrogen (secondary N) is 2. The third-order valence-electron chi connectivity index (χ3n) is 3.71. The third kappa shape index (κ3) is 6.94. The average Bonchev–Trinajstić information content (AvgIpc) is 2.71. The zero-order valence-corrected chi connectivity index (χ0v) is 16.3. The Bertz CT molecular complexity index is 926. The van der Waals surface area contributed by atoms with Gasteiger partial charge in [0, 0.05) is 17.3 Å². The van der Waals surface area contributed by atoms with Gasteiger partial charge in [-0.05, 0) is 30.3 Å². The van der Waals surface area contributed by atoms with Crippen molar-refractivity contribution >= 4 is 17.5 Å². The molecule has 168 valence electrons. The van der Waals surface area contributed by atoms with Crippen LogP contribution in [0.3, 0.4) is 0 Å². The van der Waals surface area contributed by atoms with Crippen LogP contribution in [0.15, 0.2) is 36.4 Å². The van der Waals surface area contributed by atoms with Gasteiger partial charge in [0.2, 0.25) is 5.91 Å². The van der Waals surface area contributed by atoms with Gasteiger partial charge in [0.15, 0.2) is 23.0 Å². The summed E-state index contributed by atoms with van der Waals surface area (Å²) in [6.45, 7) is -6.62. The standard InChI is InChI=1S/C19H18F4N2O6/c1-28-12-6-4-11(8-15(12)31-19(22)23)25-16(26)9-24-17(27)10-3-5-13(30-18(20)21)14(7-10)29-2/h3-8,18-19H,9H2,1-2H3,(H,24,27)(H,25,26). The first kappa shape index (κ1) is 23.6. The lowest BCUT2D eigenvalue weighted by Gasteiger charge is -2.13. The number of amides is 2. The first-order chi connectivity index (χ1) is 14.7. The van der Waals surface area contributed by atoms with E-state index in [4.69, 9.17) is 9.47 Å². The van der Waals surface area contributed by atoms with Crippen molar-refractivity contribution in [2.45, 2.75) is 13.2 Å². The monoisotopic (exact) mass is 446 g/mol. The van der Waals surface area contributed by atoms with Crippen molar-refractivity contribution in [3.8, 4) is 23.0 Å².